The molecule has 1 saturated heterocycles. The summed E-state index contributed by atoms with van der Waals surface area (Å²) < 4.78 is 0. The summed E-state index contributed by atoms with van der Waals surface area (Å²) in [6.45, 7) is 6.06. The highest BCUT2D eigenvalue weighted by atomic mass is 16.2. The number of aromatic nitrogens is 1. The number of piperidine rings is 1. The van der Waals surface area contributed by atoms with E-state index < -0.39 is 5.41 Å². The molecule has 256 valence electrons. The summed E-state index contributed by atoms with van der Waals surface area (Å²) >= 11 is 0. The molecule has 0 atom stereocenters. The molecule has 0 saturated carbocycles. The number of pyridine rings is 1. The van der Waals surface area contributed by atoms with Crippen LogP contribution in [0.4, 0.5) is 11.5 Å². The second kappa shape index (κ2) is 17.5. The lowest BCUT2D eigenvalue weighted by Gasteiger charge is -2.43. The highest BCUT2D eigenvalue weighted by Crippen LogP contribution is 2.37. The lowest BCUT2D eigenvalue weighted by Crippen LogP contribution is -2.53. The first-order chi connectivity index (χ1) is 23.2. The second-order valence-corrected chi connectivity index (χ2v) is 12.3. The molecule has 4 N–H and O–H groups in total. The number of nitrogens with zero attached hydrogens (tertiary/aromatic N) is 3. The Bertz CT molecular complexity index is 1550. The Kier molecular flexibility index (Phi) is 13.2. The molecule has 3 aromatic rings. The van der Waals surface area contributed by atoms with E-state index in [2.05, 4.69) is 26.3 Å². The van der Waals surface area contributed by atoms with E-state index in [4.69, 9.17) is 0 Å². The SMILES string of the molecule is CCc1ccc(NC(=O)CN(Cc2ccccc2CNC)C(=O)C2(CC)CCN(C(=O)CNC)CC2)cc1CC(=O)Nc1ccccn1. The van der Waals surface area contributed by atoms with Crippen molar-refractivity contribution in [2.24, 2.45) is 5.41 Å². The van der Waals surface area contributed by atoms with Gasteiger partial charge in [0.05, 0.1) is 18.4 Å². The van der Waals surface area contributed by atoms with E-state index >= 15 is 0 Å². The van der Waals surface area contributed by atoms with E-state index in [0.717, 1.165) is 28.7 Å². The van der Waals surface area contributed by atoms with Gasteiger partial charge in [0.25, 0.3) is 0 Å². The summed E-state index contributed by atoms with van der Waals surface area (Å²) in [5, 5.41) is 11.9. The van der Waals surface area contributed by atoms with Gasteiger partial charge < -0.3 is 31.1 Å². The van der Waals surface area contributed by atoms with Crippen molar-refractivity contribution < 1.29 is 19.2 Å². The van der Waals surface area contributed by atoms with Crippen molar-refractivity contribution in [2.45, 2.75) is 59.0 Å². The van der Waals surface area contributed by atoms with Gasteiger partial charge in [0.1, 0.15) is 12.4 Å². The fourth-order valence-corrected chi connectivity index (χ4v) is 6.36. The highest BCUT2D eigenvalue weighted by molar-refractivity contribution is 5.96. The number of benzene rings is 2. The van der Waals surface area contributed by atoms with E-state index in [1.807, 2.05) is 68.3 Å². The Balaban J connectivity index is 1.53. The van der Waals surface area contributed by atoms with Crippen LogP contribution in [0.5, 0.6) is 0 Å². The summed E-state index contributed by atoms with van der Waals surface area (Å²) in [5.74, 6) is -0.100. The van der Waals surface area contributed by atoms with Gasteiger partial charge in [-0.3, -0.25) is 19.2 Å². The van der Waals surface area contributed by atoms with Gasteiger partial charge in [0, 0.05) is 38.1 Å². The van der Waals surface area contributed by atoms with Crippen molar-refractivity contribution >= 4 is 35.1 Å². The van der Waals surface area contributed by atoms with Crippen LogP contribution in [0.25, 0.3) is 0 Å². The minimum absolute atomic E-state index is 0.0227. The predicted octanol–water partition coefficient (Wildman–Crippen LogP) is 3.75. The Morgan fingerprint density at radius 1 is 0.833 bits per heavy atom. The minimum Gasteiger partial charge on any atom is -0.342 e. The molecule has 2 aromatic carbocycles. The van der Waals surface area contributed by atoms with Gasteiger partial charge in [0.15, 0.2) is 0 Å². The Labute approximate surface area is 283 Å². The maximum absolute atomic E-state index is 14.5. The van der Waals surface area contributed by atoms with Crippen molar-refractivity contribution in [3.63, 3.8) is 0 Å². The van der Waals surface area contributed by atoms with Crippen molar-refractivity contribution in [3.05, 3.63) is 89.1 Å². The van der Waals surface area contributed by atoms with Crippen molar-refractivity contribution in [2.75, 3.05) is 50.9 Å². The maximum atomic E-state index is 14.5. The fraction of sp³-hybridized carbons (Fsp3) is 0.432. The second-order valence-electron chi connectivity index (χ2n) is 12.3. The van der Waals surface area contributed by atoms with Gasteiger partial charge in [0.2, 0.25) is 23.6 Å². The summed E-state index contributed by atoms with van der Waals surface area (Å²) in [4.78, 5) is 61.2. The first-order valence-corrected chi connectivity index (χ1v) is 16.8. The van der Waals surface area contributed by atoms with E-state index in [1.165, 1.54) is 0 Å². The molecule has 0 bridgehead atoms. The lowest BCUT2D eigenvalue weighted by atomic mass is 9.74. The van der Waals surface area contributed by atoms with E-state index in [0.29, 0.717) is 50.4 Å². The number of likely N-dealkylation sites (N-methyl/N-ethyl adjacent to an activating group) is 1. The number of hydrogen-bond acceptors (Lipinski definition) is 7. The predicted molar refractivity (Wildman–Crippen MR) is 188 cm³/mol. The first kappa shape index (κ1) is 36.2. The molecule has 0 aliphatic carbocycles. The normalized spacial score (nSPS) is 13.9. The number of hydrogen-bond donors (Lipinski definition) is 4. The number of rotatable bonds is 15. The maximum Gasteiger partial charge on any atom is 0.244 e. The molecule has 1 aliphatic heterocycles. The highest BCUT2D eigenvalue weighted by Gasteiger charge is 2.43. The van der Waals surface area contributed by atoms with E-state index in [1.54, 1.807) is 36.3 Å². The molecular formula is C37H49N7O4. The number of amides is 4. The van der Waals surface area contributed by atoms with Crippen LogP contribution in [-0.4, -0.2) is 78.7 Å². The van der Waals surface area contributed by atoms with Crippen LogP contribution in [0.2, 0.25) is 0 Å². The Morgan fingerprint density at radius 2 is 1.56 bits per heavy atom. The van der Waals surface area contributed by atoms with Gasteiger partial charge in [-0.25, -0.2) is 4.98 Å². The number of anilines is 2. The van der Waals surface area contributed by atoms with Crippen LogP contribution in [0, 0.1) is 5.41 Å². The van der Waals surface area contributed by atoms with Crippen molar-refractivity contribution in [3.8, 4) is 0 Å². The average Bonchev–Trinajstić information content (AvgIpc) is 3.09. The first-order valence-electron chi connectivity index (χ1n) is 16.8. The summed E-state index contributed by atoms with van der Waals surface area (Å²) in [7, 11) is 3.62. The van der Waals surface area contributed by atoms with Gasteiger partial charge in [-0.1, -0.05) is 50.2 Å². The third-order valence-electron chi connectivity index (χ3n) is 9.15. The van der Waals surface area contributed by atoms with Gasteiger partial charge >= 0.3 is 0 Å². The molecule has 0 radical (unpaired) electrons. The van der Waals surface area contributed by atoms with Gasteiger partial charge in [-0.2, -0.15) is 0 Å². The zero-order chi connectivity index (χ0) is 34.5. The Morgan fingerprint density at radius 3 is 2.21 bits per heavy atom. The zero-order valence-electron chi connectivity index (χ0n) is 28.6. The van der Waals surface area contributed by atoms with Gasteiger partial charge in [-0.05, 0) is 86.3 Å². The molecule has 4 rings (SSSR count). The molecule has 0 spiro atoms. The number of aryl methyl sites for hydroxylation is 1. The molecular weight excluding hydrogens is 606 g/mol. The van der Waals surface area contributed by atoms with E-state index in [9.17, 15) is 19.2 Å². The Hall–Kier alpha value is -4.61. The molecule has 0 unspecified atom stereocenters. The van der Waals surface area contributed by atoms with Crippen LogP contribution < -0.4 is 21.3 Å². The molecule has 1 fully saturated rings. The fourth-order valence-electron chi connectivity index (χ4n) is 6.36. The summed E-state index contributed by atoms with van der Waals surface area (Å²) in [6.07, 6.45) is 4.16. The van der Waals surface area contributed by atoms with Gasteiger partial charge in [-0.15, -0.1) is 0 Å². The molecule has 1 aromatic heterocycles. The van der Waals surface area contributed by atoms with Crippen molar-refractivity contribution in [1.29, 1.82) is 0 Å². The van der Waals surface area contributed by atoms with Crippen LogP contribution in [0.1, 0.15) is 55.4 Å². The number of carbonyl (C=O) groups excluding carboxylic acids is 4. The van der Waals surface area contributed by atoms with Crippen molar-refractivity contribution in [1.82, 2.24) is 25.4 Å². The minimum atomic E-state index is -0.675. The third-order valence-corrected chi connectivity index (χ3v) is 9.15. The standard InChI is InChI=1S/C37H49N7O4/c1-5-27-14-15-31(21-30(27)22-33(45)42-32-13-9-10-18-40-32)41-34(46)26-44(25-29-12-8-7-11-28(29)23-38-3)36(48)37(6-2)16-19-43(20-17-37)35(47)24-39-4/h7-15,18,21,38-39H,5-6,16-17,19-20,22-26H2,1-4H3,(H,41,46)(H,40,42,45). The number of likely N-dealkylation sites (tertiary alicyclic amines) is 1. The van der Waals surface area contributed by atoms with Crippen LogP contribution in [-0.2, 0) is 45.1 Å². The third kappa shape index (κ3) is 9.48. The van der Waals surface area contributed by atoms with Crippen LogP contribution in [0.3, 0.4) is 0 Å². The number of carbonyl (C=O) groups is 4. The number of nitrogens with one attached hydrogen (secondary N) is 4. The lowest BCUT2D eigenvalue weighted by molar-refractivity contribution is -0.150. The quantitative estimate of drug-likeness (QED) is 0.196. The van der Waals surface area contributed by atoms with E-state index in [-0.39, 0.29) is 49.7 Å². The molecule has 11 heteroatoms. The molecule has 48 heavy (non-hydrogen) atoms. The largest absolute Gasteiger partial charge is 0.342 e. The smallest absolute Gasteiger partial charge is 0.244 e. The topological polar surface area (TPSA) is 136 Å². The molecule has 1 aliphatic rings. The summed E-state index contributed by atoms with van der Waals surface area (Å²) in [5.41, 5.74) is 3.72. The molecule has 11 nitrogen and oxygen atoms in total. The monoisotopic (exact) mass is 655 g/mol. The van der Waals surface area contributed by atoms with Crippen LogP contribution >= 0.6 is 0 Å². The average molecular weight is 656 g/mol. The zero-order valence-corrected chi connectivity index (χ0v) is 28.6. The molecule has 4 amide bonds. The van der Waals surface area contributed by atoms with Crippen LogP contribution in [0.15, 0.2) is 66.9 Å². The summed E-state index contributed by atoms with van der Waals surface area (Å²) in [6, 6.07) is 18.8. The molecule has 2 heterocycles.